The molecular formula is C25H22FN5O3S. The molecule has 10 heteroatoms. The van der Waals surface area contributed by atoms with Gasteiger partial charge in [-0.1, -0.05) is 42.1 Å². The number of thioether (sulfide) groups is 1. The molecule has 178 valence electrons. The van der Waals surface area contributed by atoms with Gasteiger partial charge in [0, 0.05) is 23.6 Å². The maximum atomic E-state index is 13.4. The summed E-state index contributed by atoms with van der Waals surface area (Å²) in [5.41, 5.74) is 2.23. The summed E-state index contributed by atoms with van der Waals surface area (Å²) in [6.07, 6.45) is 3.30. The topological polar surface area (TPSA) is 99.0 Å². The van der Waals surface area contributed by atoms with Crippen LogP contribution in [-0.4, -0.2) is 44.5 Å². The summed E-state index contributed by atoms with van der Waals surface area (Å²) >= 11 is 1.21. The first-order valence-electron chi connectivity index (χ1n) is 10.7. The Morgan fingerprint density at radius 3 is 2.51 bits per heavy atom. The minimum Gasteiger partial charge on any atom is -0.469 e. The maximum Gasteiger partial charge on any atom is 0.307 e. The molecule has 0 fully saturated rings. The molecule has 0 bridgehead atoms. The first-order valence-corrected chi connectivity index (χ1v) is 11.7. The lowest BCUT2D eigenvalue weighted by atomic mass is 10.0. The average Bonchev–Trinajstić information content (AvgIpc) is 3.32. The fourth-order valence-corrected chi connectivity index (χ4v) is 4.18. The molecule has 0 aliphatic heterocycles. The molecule has 4 aromatic rings. The van der Waals surface area contributed by atoms with Gasteiger partial charge in [-0.05, 0) is 42.0 Å². The van der Waals surface area contributed by atoms with Crippen molar-refractivity contribution < 1.29 is 18.7 Å². The third kappa shape index (κ3) is 6.10. The highest BCUT2D eigenvalue weighted by molar-refractivity contribution is 7.99. The molecule has 1 unspecified atom stereocenters. The Labute approximate surface area is 205 Å². The first-order chi connectivity index (χ1) is 17.0. The van der Waals surface area contributed by atoms with Crippen molar-refractivity contribution in [1.29, 1.82) is 0 Å². The van der Waals surface area contributed by atoms with E-state index in [9.17, 15) is 14.0 Å². The summed E-state index contributed by atoms with van der Waals surface area (Å²) in [4.78, 5) is 28.9. The number of nitrogens with zero attached hydrogens (tertiary/aromatic N) is 4. The van der Waals surface area contributed by atoms with Crippen LogP contribution in [0.4, 0.5) is 4.39 Å². The van der Waals surface area contributed by atoms with Crippen LogP contribution in [0.2, 0.25) is 0 Å². The summed E-state index contributed by atoms with van der Waals surface area (Å²) in [5.74, 6) is -0.591. The van der Waals surface area contributed by atoms with Crippen molar-refractivity contribution in [1.82, 2.24) is 25.1 Å². The third-order valence-corrected chi connectivity index (χ3v) is 6.03. The van der Waals surface area contributed by atoms with Gasteiger partial charge < -0.3 is 10.1 Å². The highest BCUT2D eigenvalue weighted by atomic mass is 32.2. The molecule has 0 saturated carbocycles. The molecule has 4 rings (SSSR count). The number of aromatic nitrogens is 4. The van der Waals surface area contributed by atoms with Crippen molar-refractivity contribution in [3.05, 3.63) is 90.5 Å². The number of methoxy groups -OCH3 is 1. The number of para-hydroxylation sites is 1. The highest BCUT2D eigenvalue weighted by Gasteiger charge is 2.21. The summed E-state index contributed by atoms with van der Waals surface area (Å²) in [6, 6.07) is 18.2. The molecule has 0 spiro atoms. The van der Waals surface area contributed by atoms with Crippen LogP contribution in [0.3, 0.4) is 0 Å². The predicted molar refractivity (Wildman–Crippen MR) is 129 cm³/mol. The van der Waals surface area contributed by atoms with Gasteiger partial charge in [0.05, 0.1) is 25.3 Å². The molecule has 0 aliphatic rings. The largest absolute Gasteiger partial charge is 0.469 e. The van der Waals surface area contributed by atoms with Crippen LogP contribution in [-0.2, 0) is 14.3 Å². The van der Waals surface area contributed by atoms with Gasteiger partial charge in [0.15, 0.2) is 11.0 Å². The second-order valence-corrected chi connectivity index (χ2v) is 8.40. The van der Waals surface area contributed by atoms with E-state index in [-0.39, 0.29) is 18.1 Å². The molecule has 0 radical (unpaired) electrons. The lowest BCUT2D eigenvalue weighted by Crippen LogP contribution is -2.31. The van der Waals surface area contributed by atoms with E-state index in [4.69, 9.17) is 4.74 Å². The van der Waals surface area contributed by atoms with E-state index >= 15 is 0 Å². The number of pyridine rings is 1. The molecular weight excluding hydrogens is 469 g/mol. The lowest BCUT2D eigenvalue weighted by Gasteiger charge is -2.18. The monoisotopic (exact) mass is 491 g/mol. The first kappa shape index (κ1) is 24.1. The fourth-order valence-electron chi connectivity index (χ4n) is 3.42. The lowest BCUT2D eigenvalue weighted by molar-refractivity contribution is -0.141. The number of carbonyl (C=O) groups excluding carboxylic acids is 2. The molecule has 35 heavy (non-hydrogen) atoms. The van der Waals surface area contributed by atoms with Crippen molar-refractivity contribution >= 4 is 23.6 Å². The Morgan fingerprint density at radius 1 is 1.06 bits per heavy atom. The second kappa shape index (κ2) is 11.4. The Hall–Kier alpha value is -4.05. The average molecular weight is 492 g/mol. The normalized spacial score (nSPS) is 11.6. The zero-order valence-electron chi connectivity index (χ0n) is 18.8. The summed E-state index contributed by atoms with van der Waals surface area (Å²) in [5, 5.41) is 12.0. The molecule has 1 amide bonds. The van der Waals surface area contributed by atoms with Crippen molar-refractivity contribution in [3.63, 3.8) is 0 Å². The molecule has 0 aliphatic carbocycles. The number of rotatable bonds is 9. The standard InChI is InChI=1S/C25H22FN5O3S/c1-34-23(33)14-21(17-9-11-19(26)12-10-17)28-22(32)16-35-25-30-29-24(18-6-5-13-27-15-18)31(25)20-7-3-2-4-8-20/h2-13,15,21H,14,16H2,1H3,(H,28,32). The number of carbonyl (C=O) groups is 2. The number of hydrogen-bond acceptors (Lipinski definition) is 7. The van der Waals surface area contributed by atoms with Crippen LogP contribution in [0.25, 0.3) is 17.1 Å². The van der Waals surface area contributed by atoms with Crippen molar-refractivity contribution in [2.75, 3.05) is 12.9 Å². The van der Waals surface area contributed by atoms with E-state index in [2.05, 4.69) is 20.5 Å². The number of benzene rings is 2. The van der Waals surface area contributed by atoms with Crippen LogP contribution < -0.4 is 5.32 Å². The number of hydrogen-bond donors (Lipinski definition) is 1. The summed E-state index contributed by atoms with van der Waals surface area (Å²) in [6.45, 7) is 0. The van der Waals surface area contributed by atoms with Gasteiger partial charge in [-0.2, -0.15) is 0 Å². The highest BCUT2D eigenvalue weighted by Crippen LogP contribution is 2.28. The number of nitrogens with one attached hydrogen (secondary N) is 1. The van der Waals surface area contributed by atoms with Crippen molar-refractivity contribution in [3.8, 4) is 17.1 Å². The number of halogens is 1. The Morgan fingerprint density at radius 2 is 1.83 bits per heavy atom. The van der Waals surface area contributed by atoms with Crippen LogP contribution in [0.1, 0.15) is 18.0 Å². The predicted octanol–water partition coefficient (Wildman–Crippen LogP) is 3.98. The fraction of sp³-hybridized carbons (Fsp3) is 0.160. The van der Waals surface area contributed by atoms with Crippen LogP contribution in [0.15, 0.2) is 84.3 Å². The minimum atomic E-state index is -0.658. The Kier molecular flexibility index (Phi) is 7.84. The van der Waals surface area contributed by atoms with Crippen LogP contribution >= 0.6 is 11.8 Å². The minimum absolute atomic E-state index is 0.0247. The number of ether oxygens (including phenoxy) is 1. The Bertz CT molecular complexity index is 1280. The quantitative estimate of drug-likeness (QED) is 0.279. The Balaban J connectivity index is 1.53. The molecule has 2 aromatic carbocycles. The molecule has 1 N–H and O–H groups in total. The van der Waals surface area contributed by atoms with E-state index in [1.54, 1.807) is 12.4 Å². The van der Waals surface area contributed by atoms with E-state index < -0.39 is 17.8 Å². The smallest absolute Gasteiger partial charge is 0.307 e. The van der Waals surface area contributed by atoms with Gasteiger partial charge in [0.2, 0.25) is 5.91 Å². The molecule has 8 nitrogen and oxygen atoms in total. The molecule has 0 saturated heterocycles. The van der Waals surface area contributed by atoms with Gasteiger partial charge in [0.1, 0.15) is 5.82 Å². The molecule has 2 heterocycles. The number of amides is 1. The molecule has 1 atom stereocenters. The van der Waals surface area contributed by atoms with Gasteiger partial charge in [-0.25, -0.2) is 4.39 Å². The SMILES string of the molecule is COC(=O)CC(NC(=O)CSc1nnc(-c2cccnc2)n1-c1ccccc1)c1ccc(F)cc1. The van der Waals surface area contributed by atoms with Gasteiger partial charge >= 0.3 is 5.97 Å². The van der Waals surface area contributed by atoms with E-state index in [1.165, 1.54) is 43.1 Å². The van der Waals surface area contributed by atoms with Gasteiger partial charge in [0.25, 0.3) is 0 Å². The van der Waals surface area contributed by atoms with E-state index in [0.717, 1.165) is 11.3 Å². The number of esters is 1. The van der Waals surface area contributed by atoms with E-state index in [0.29, 0.717) is 16.5 Å². The zero-order valence-corrected chi connectivity index (χ0v) is 19.6. The summed E-state index contributed by atoms with van der Waals surface area (Å²) < 4.78 is 20.0. The van der Waals surface area contributed by atoms with Crippen molar-refractivity contribution in [2.45, 2.75) is 17.6 Å². The zero-order chi connectivity index (χ0) is 24.6. The van der Waals surface area contributed by atoms with Crippen molar-refractivity contribution in [2.24, 2.45) is 0 Å². The second-order valence-electron chi connectivity index (χ2n) is 7.46. The molecule has 2 aromatic heterocycles. The third-order valence-electron chi connectivity index (χ3n) is 5.11. The van der Waals surface area contributed by atoms with E-state index in [1.807, 2.05) is 47.0 Å². The van der Waals surface area contributed by atoms with Gasteiger partial charge in [-0.3, -0.25) is 19.1 Å². The maximum absolute atomic E-state index is 13.4. The summed E-state index contributed by atoms with van der Waals surface area (Å²) in [7, 11) is 1.28. The van der Waals surface area contributed by atoms with Gasteiger partial charge in [-0.15, -0.1) is 10.2 Å². The van der Waals surface area contributed by atoms with Crippen LogP contribution in [0.5, 0.6) is 0 Å². The van der Waals surface area contributed by atoms with Crippen LogP contribution in [0, 0.1) is 5.82 Å².